The minimum Gasteiger partial charge on any atom is -0.504 e. The van der Waals surface area contributed by atoms with Crippen LogP contribution in [0.2, 0.25) is 0 Å². The number of carbonyl (C=O) groups excluding carboxylic acids is 2. The van der Waals surface area contributed by atoms with Crippen molar-refractivity contribution in [2.75, 3.05) is 6.61 Å². The van der Waals surface area contributed by atoms with E-state index in [0.29, 0.717) is 0 Å². The van der Waals surface area contributed by atoms with E-state index in [4.69, 9.17) is 9.84 Å². The second-order valence-electron chi connectivity index (χ2n) is 4.54. The summed E-state index contributed by atoms with van der Waals surface area (Å²) in [7, 11) is 0. The Balaban J connectivity index is 2.29. The Morgan fingerprint density at radius 2 is 1.78 bits per heavy atom. The number of hydrogen-bond donors (Lipinski definition) is 6. The standard InChI is InChI=1S/C13H12O10/c14-3-7(17)10-11(9(19)13(21)22-10)23-12(20)4-1-5(15)8(18)6(16)2-4/h1-2,7,10,14-19H,3H2. The number of carbonyl (C=O) groups is 2. The number of rotatable bonds is 4. The van der Waals surface area contributed by atoms with Gasteiger partial charge in [-0.2, -0.15) is 0 Å². The third-order valence-electron chi connectivity index (χ3n) is 2.96. The molecule has 1 aliphatic heterocycles. The van der Waals surface area contributed by atoms with E-state index in [2.05, 4.69) is 4.74 Å². The van der Waals surface area contributed by atoms with Crippen LogP contribution in [0.4, 0.5) is 0 Å². The SMILES string of the molecule is O=C1OC(C(O)CO)C(OC(=O)c2cc(O)c(O)c(O)c2)=C1O. The van der Waals surface area contributed by atoms with Crippen molar-refractivity contribution in [1.82, 2.24) is 0 Å². The summed E-state index contributed by atoms with van der Waals surface area (Å²) in [4.78, 5) is 23.2. The first-order valence-electron chi connectivity index (χ1n) is 6.16. The van der Waals surface area contributed by atoms with E-state index in [-0.39, 0.29) is 0 Å². The minimum absolute atomic E-state index is 0.422. The van der Waals surface area contributed by atoms with E-state index in [0.717, 1.165) is 12.1 Å². The lowest BCUT2D eigenvalue weighted by Crippen LogP contribution is -2.33. The second kappa shape index (κ2) is 6.02. The number of aliphatic hydroxyl groups excluding tert-OH is 3. The largest absolute Gasteiger partial charge is 0.504 e. The van der Waals surface area contributed by atoms with Gasteiger partial charge >= 0.3 is 11.9 Å². The molecule has 0 fully saturated rings. The molecule has 0 aromatic heterocycles. The lowest BCUT2D eigenvalue weighted by molar-refractivity contribution is -0.147. The van der Waals surface area contributed by atoms with Crippen molar-refractivity contribution in [3.63, 3.8) is 0 Å². The normalized spacial score (nSPS) is 18.7. The van der Waals surface area contributed by atoms with Gasteiger partial charge in [0.05, 0.1) is 12.2 Å². The Hall–Kier alpha value is -2.98. The number of phenols is 3. The zero-order valence-electron chi connectivity index (χ0n) is 11.3. The topological polar surface area (TPSA) is 174 Å². The van der Waals surface area contributed by atoms with Gasteiger partial charge in [0.25, 0.3) is 0 Å². The molecule has 0 amide bonds. The van der Waals surface area contributed by atoms with E-state index in [1.54, 1.807) is 0 Å². The van der Waals surface area contributed by atoms with Crippen molar-refractivity contribution >= 4 is 11.9 Å². The summed E-state index contributed by atoms with van der Waals surface area (Å²) in [6, 6.07) is 1.54. The number of hydrogen-bond acceptors (Lipinski definition) is 10. The molecule has 2 unspecified atom stereocenters. The highest BCUT2D eigenvalue weighted by Crippen LogP contribution is 2.36. The molecule has 0 spiro atoms. The Morgan fingerprint density at radius 1 is 1.22 bits per heavy atom. The van der Waals surface area contributed by atoms with E-state index in [1.165, 1.54) is 0 Å². The van der Waals surface area contributed by atoms with Crippen LogP contribution in [0.5, 0.6) is 17.2 Å². The number of aromatic hydroxyl groups is 3. The molecule has 1 aliphatic rings. The van der Waals surface area contributed by atoms with Crippen LogP contribution in [-0.4, -0.2) is 61.4 Å². The third kappa shape index (κ3) is 2.98. The van der Waals surface area contributed by atoms with Gasteiger partial charge < -0.3 is 40.1 Å². The van der Waals surface area contributed by atoms with Crippen LogP contribution < -0.4 is 0 Å². The molecule has 0 saturated heterocycles. The van der Waals surface area contributed by atoms with Gasteiger partial charge in [-0.3, -0.25) is 0 Å². The summed E-state index contributed by atoms with van der Waals surface area (Å²) in [6.07, 6.45) is -3.25. The fourth-order valence-electron chi connectivity index (χ4n) is 1.80. The molecule has 0 aliphatic carbocycles. The van der Waals surface area contributed by atoms with Crippen LogP contribution in [0.1, 0.15) is 10.4 Å². The third-order valence-corrected chi connectivity index (χ3v) is 2.96. The van der Waals surface area contributed by atoms with Gasteiger partial charge in [0, 0.05) is 0 Å². The number of benzene rings is 1. The molecular formula is C13H12O10. The predicted molar refractivity (Wildman–Crippen MR) is 69.5 cm³/mol. The van der Waals surface area contributed by atoms with Crippen LogP contribution in [0.15, 0.2) is 23.7 Å². The highest BCUT2D eigenvalue weighted by Gasteiger charge is 2.42. The van der Waals surface area contributed by atoms with Crippen molar-refractivity contribution in [2.24, 2.45) is 0 Å². The maximum absolute atomic E-state index is 11.9. The van der Waals surface area contributed by atoms with Crippen molar-refractivity contribution in [1.29, 1.82) is 0 Å². The van der Waals surface area contributed by atoms with Crippen molar-refractivity contribution in [2.45, 2.75) is 12.2 Å². The second-order valence-corrected chi connectivity index (χ2v) is 4.54. The summed E-state index contributed by atoms with van der Waals surface area (Å²) >= 11 is 0. The van der Waals surface area contributed by atoms with Crippen LogP contribution in [0, 0.1) is 0 Å². The fraction of sp³-hybridized carbons (Fsp3) is 0.231. The van der Waals surface area contributed by atoms with Crippen LogP contribution in [0.25, 0.3) is 0 Å². The molecule has 1 heterocycles. The number of aliphatic hydroxyl groups is 3. The van der Waals surface area contributed by atoms with E-state index in [1.807, 2.05) is 0 Å². The van der Waals surface area contributed by atoms with Gasteiger partial charge in [-0.15, -0.1) is 0 Å². The first kappa shape index (κ1) is 16.4. The lowest BCUT2D eigenvalue weighted by atomic mass is 10.1. The molecule has 10 nitrogen and oxygen atoms in total. The summed E-state index contributed by atoms with van der Waals surface area (Å²) in [5, 5.41) is 55.7. The first-order chi connectivity index (χ1) is 10.8. The molecule has 2 atom stereocenters. The molecule has 1 aromatic rings. The zero-order chi connectivity index (χ0) is 17.3. The summed E-state index contributed by atoms with van der Waals surface area (Å²) < 4.78 is 9.29. The lowest BCUT2D eigenvalue weighted by Gasteiger charge is -2.17. The van der Waals surface area contributed by atoms with Gasteiger partial charge in [0.15, 0.2) is 23.4 Å². The van der Waals surface area contributed by atoms with E-state index < -0.39 is 65.1 Å². The van der Waals surface area contributed by atoms with Crippen molar-refractivity contribution < 1.29 is 49.7 Å². The summed E-state index contributed by atoms with van der Waals surface area (Å²) in [5.74, 6) is -6.75. The van der Waals surface area contributed by atoms with E-state index >= 15 is 0 Å². The molecule has 6 N–H and O–H groups in total. The van der Waals surface area contributed by atoms with Gasteiger partial charge in [-0.1, -0.05) is 0 Å². The average Bonchev–Trinajstić information content (AvgIpc) is 2.79. The highest BCUT2D eigenvalue weighted by molar-refractivity contribution is 5.94. The van der Waals surface area contributed by atoms with Gasteiger partial charge in [0.1, 0.15) is 6.10 Å². The molecular weight excluding hydrogens is 316 g/mol. The van der Waals surface area contributed by atoms with Crippen molar-refractivity contribution in [3.05, 3.63) is 29.2 Å². The highest BCUT2D eigenvalue weighted by atomic mass is 16.6. The van der Waals surface area contributed by atoms with Crippen LogP contribution in [-0.2, 0) is 14.3 Å². The molecule has 23 heavy (non-hydrogen) atoms. The Bertz CT molecular complexity index is 669. The maximum atomic E-state index is 11.9. The van der Waals surface area contributed by atoms with Gasteiger partial charge in [0.2, 0.25) is 11.5 Å². The molecule has 2 rings (SSSR count). The first-order valence-corrected chi connectivity index (χ1v) is 6.16. The summed E-state index contributed by atoms with van der Waals surface area (Å²) in [5.41, 5.74) is -0.422. The van der Waals surface area contributed by atoms with E-state index in [9.17, 15) is 35.1 Å². The van der Waals surface area contributed by atoms with Gasteiger partial charge in [-0.25, -0.2) is 9.59 Å². The molecule has 0 bridgehead atoms. The molecule has 10 heteroatoms. The Morgan fingerprint density at radius 3 is 2.30 bits per heavy atom. The predicted octanol–water partition coefficient (Wildman–Crippen LogP) is -0.992. The van der Waals surface area contributed by atoms with Crippen LogP contribution in [0.3, 0.4) is 0 Å². The number of cyclic esters (lactones) is 1. The molecule has 124 valence electrons. The minimum atomic E-state index is -1.65. The summed E-state index contributed by atoms with van der Waals surface area (Å²) in [6.45, 7) is -0.840. The number of esters is 2. The molecule has 0 saturated carbocycles. The number of ether oxygens (including phenoxy) is 2. The monoisotopic (exact) mass is 328 g/mol. The fourth-order valence-corrected chi connectivity index (χ4v) is 1.80. The number of phenolic OH excluding ortho intramolecular Hbond substituents is 3. The maximum Gasteiger partial charge on any atom is 0.378 e. The van der Waals surface area contributed by atoms with Crippen LogP contribution >= 0.6 is 0 Å². The zero-order valence-corrected chi connectivity index (χ0v) is 11.3. The quantitative estimate of drug-likeness (QED) is 0.297. The Kier molecular flexibility index (Phi) is 4.29. The average molecular weight is 328 g/mol. The van der Waals surface area contributed by atoms with Gasteiger partial charge in [-0.05, 0) is 12.1 Å². The van der Waals surface area contributed by atoms with Crippen molar-refractivity contribution in [3.8, 4) is 17.2 Å². The smallest absolute Gasteiger partial charge is 0.378 e. The molecule has 0 radical (unpaired) electrons. The molecule has 1 aromatic carbocycles. The Labute approximate surface area is 128 Å².